The molecule has 0 N–H and O–H groups in total. The topological polar surface area (TPSA) is 9.72 Å². The molecule has 0 saturated heterocycles. The molecule has 2 aliphatic heterocycles. The fourth-order valence-corrected chi connectivity index (χ4v) is 10.1. The Labute approximate surface area is 361 Å². The van der Waals surface area contributed by atoms with Crippen molar-refractivity contribution in [2.75, 3.05) is 14.7 Å². The highest BCUT2D eigenvalue weighted by molar-refractivity contribution is 6.95. The van der Waals surface area contributed by atoms with Gasteiger partial charge in [-0.3, -0.25) is 0 Å². The van der Waals surface area contributed by atoms with E-state index in [-0.39, 0.29) is 12.8 Å². The van der Waals surface area contributed by atoms with E-state index in [9.17, 15) is 0 Å². The van der Waals surface area contributed by atoms with E-state index in [1.54, 1.807) is 0 Å². The van der Waals surface area contributed by atoms with Crippen molar-refractivity contribution >= 4 is 57.3 Å². The summed E-state index contributed by atoms with van der Waals surface area (Å²) in [7, 11) is 0. The largest absolute Gasteiger partial charge is 0.338 e. The van der Waals surface area contributed by atoms with Crippen LogP contribution in [-0.4, -0.2) is 12.8 Å². The van der Waals surface area contributed by atoms with Crippen molar-refractivity contribution in [3.8, 4) is 11.1 Å². The summed E-state index contributed by atoms with van der Waals surface area (Å²) in [5.74, 6) is 0. The average Bonchev–Trinajstić information content (AvgIpc) is 3.31. The standard InChI is InChI=1S/C57H48BN3/c1-39-17-26-48(27-18-39)60-53-36-21-41(3)37-52(53)58-51-35-34-50(38-56(51)61(49-28-19-40(2)20-29-49)55-16-10-15-54(60)57(55)58)59(46-30-22-44(23-31-46)42-11-6-4-7-12-42)47-32-24-45(25-33-47)43-13-8-5-9-14-43/h4-32,36-38,47H,33-35H2,1-3H3. The number of anilines is 6. The Morgan fingerprint density at radius 1 is 0.541 bits per heavy atom. The van der Waals surface area contributed by atoms with Crippen molar-refractivity contribution in [1.82, 2.24) is 0 Å². The van der Waals surface area contributed by atoms with Crippen molar-refractivity contribution in [1.29, 1.82) is 0 Å². The molecule has 2 aliphatic carbocycles. The Bertz CT molecular complexity index is 2910. The SMILES string of the molecule is Cc1ccc(N2C3=C(CCC(N(c4ccc(-c5ccccc5)cc4)C4C=CC(c5ccccc5)=CC4)=C3)B3c4cc(C)ccc4N(c4ccc(C)cc4)c4cccc2c43)cc1. The number of rotatable bonds is 7. The highest BCUT2D eigenvalue weighted by Crippen LogP contribution is 2.48. The summed E-state index contributed by atoms with van der Waals surface area (Å²) < 4.78 is 0. The van der Waals surface area contributed by atoms with Crippen molar-refractivity contribution < 1.29 is 0 Å². The molecule has 7 aromatic carbocycles. The van der Waals surface area contributed by atoms with Gasteiger partial charge in [0.05, 0.1) is 6.04 Å². The molecule has 4 aliphatic rings. The summed E-state index contributed by atoms with van der Waals surface area (Å²) >= 11 is 0. The number of benzene rings is 7. The van der Waals surface area contributed by atoms with Crippen LogP contribution in [0.1, 0.15) is 41.5 Å². The maximum absolute atomic E-state index is 2.63. The van der Waals surface area contributed by atoms with E-state index in [4.69, 9.17) is 0 Å². The maximum Gasteiger partial charge on any atom is 0.247 e. The molecule has 61 heavy (non-hydrogen) atoms. The number of hydrogen-bond donors (Lipinski definition) is 0. The van der Waals surface area contributed by atoms with E-state index in [1.165, 1.54) is 101 Å². The lowest BCUT2D eigenvalue weighted by atomic mass is 9.32. The third-order valence-electron chi connectivity index (χ3n) is 13.1. The normalized spacial score (nSPS) is 16.4. The van der Waals surface area contributed by atoms with Crippen LogP contribution in [0.2, 0.25) is 0 Å². The zero-order valence-corrected chi connectivity index (χ0v) is 35.1. The second-order valence-electron chi connectivity index (χ2n) is 17.1. The van der Waals surface area contributed by atoms with Crippen molar-refractivity contribution in [2.24, 2.45) is 0 Å². The molecule has 0 saturated carbocycles. The van der Waals surface area contributed by atoms with Crippen LogP contribution in [0.15, 0.2) is 211 Å². The van der Waals surface area contributed by atoms with E-state index in [1.807, 2.05) is 0 Å². The zero-order chi connectivity index (χ0) is 41.0. The molecule has 1 atom stereocenters. The minimum Gasteiger partial charge on any atom is -0.338 e. The van der Waals surface area contributed by atoms with Crippen molar-refractivity contribution in [3.63, 3.8) is 0 Å². The molecular weight excluding hydrogens is 737 g/mol. The molecule has 7 aromatic rings. The molecule has 11 rings (SSSR count). The minimum atomic E-state index is 0.141. The Morgan fingerprint density at radius 2 is 1.15 bits per heavy atom. The number of nitrogens with zero attached hydrogens (tertiary/aromatic N) is 3. The van der Waals surface area contributed by atoms with Crippen molar-refractivity contribution in [3.05, 3.63) is 233 Å². The van der Waals surface area contributed by atoms with Gasteiger partial charge in [0, 0.05) is 45.5 Å². The molecule has 0 aromatic heterocycles. The second kappa shape index (κ2) is 15.2. The van der Waals surface area contributed by atoms with E-state index < -0.39 is 0 Å². The van der Waals surface area contributed by atoms with Gasteiger partial charge in [0.1, 0.15) is 0 Å². The lowest BCUT2D eigenvalue weighted by molar-refractivity contribution is 0.715. The molecule has 0 spiro atoms. The summed E-state index contributed by atoms with van der Waals surface area (Å²) in [4.78, 5) is 7.70. The molecule has 0 radical (unpaired) electrons. The van der Waals surface area contributed by atoms with Gasteiger partial charge in [-0.1, -0.05) is 156 Å². The predicted molar refractivity (Wildman–Crippen MR) is 260 cm³/mol. The molecule has 0 amide bonds. The molecule has 3 nitrogen and oxygen atoms in total. The van der Waals surface area contributed by atoms with Crippen LogP contribution in [0.5, 0.6) is 0 Å². The first-order chi connectivity index (χ1) is 30.0. The van der Waals surface area contributed by atoms with E-state index >= 15 is 0 Å². The fourth-order valence-electron chi connectivity index (χ4n) is 10.1. The lowest BCUT2D eigenvalue weighted by Crippen LogP contribution is -2.56. The first-order valence-corrected chi connectivity index (χ1v) is 21.8. The molecule has 4 heteroatoms. The first kappa shape index (κ1) is 37.0. The first-order valence-electron chi connectivity index (χ1n) is 21.8. The smallest absolute Gasteiger partial charge is 0.247 e. The molecule has 294 valence electrons. The van der Waals surface area contributed by atoms with Gasteiger partial charge in [-0.25, -0.2) is 0 Å². The Kier molecular flexibility index (Phi) is 9.23. The molecular formula is C57H48BN3. The predicted octanol–water partition coefficient (Wildman–Crippen LogP) is 13.2. The summed E-state index contributed by atoms with van der Waals surface area (Å²) in [6.45, 7) is 6.73. The van der Waals surface area contributed by atoms with Gasteiger partial charge in [0.15, 0.2) is 0 Å². The number of hydrogen-bond acceptors (Lipinski definition) is 3. The second-order valence-corrected chi connectivity index (χ2v) is 17.1. The monoisotopic (exact) mass is 785 g/mol. The van der Waals surface area contributed by atoms with Gasteiger partial charge in [0.25, 0.3) is 0 Å². The van der Waals surface area contributed by atoms with Crippen LogP contribution in [0.25, 0.3) is 16.7 Å². The van der Waals surface area contributed by atoms with Gasteiger partial charge >= 0.3 is 0 Å². The van der Waals surface area contributed by atoms with Gasteiger partial charge in [-0.2, -0.15) is 0 Å². The quantitative estimate of drug-likeness (QED) is 0.149. The highest BCUT2D eigenvalue weighted by Gasteiger charge is 2.45. The minimum absolute atomic E-state index is 0.141. The Morgan fingerprint density at radius 3 is 1.80 bits per heavy atom. The van der Waals surface area contributed by atoms with Crippen LogP contribution < -0.4 is 25.6 Å². The van der Waals surface area contributed by atoms with E-state index in [2.05, 4.69) is 230 Å². The summed E-state index contributed by atoms with van der Waals surface area (Å²) in [6.07, 6.45) is 12.6. The molecule has 2 heterocycles. The molecule has 0 fully saturated rings. The Balaban J connectivity index is 1.09. The summed E-state index contributed by atoms with van der Waals surface area (Å²) in [5.41, 5.74) is 23.1. The van der Waals surface area contributed by atoms with Crippen LogP contribution in [0.4, 0.5) is 34.1 Å². The number of fused-ring (bicyclic) bond motifs is 3. The van der Waals surface area contributed by atoms with Gasteiger partial charge in [-0.05, 0) is 134 Å². The fraction of sp³-hybridized carbons (Fsp3) is 0.123. The molecule has 0 bridgehead atoms. The third-order valence-corrected chi connectivity index (χ3v) is 13.1. The summed E-state index contributed by atoms with van der Waals surface area (Å²) in [5, 5.41) is 0. The van der Waals surface area contributed by atoms with Crippen LogP contribution in [0.3, 0.4) is 0 Å². The third kappa shape index (κ3) is 6.55. The van der Waals surface area contributed by atoms with Crippen LogP contribution in [0, 0.1) is 20.8 Å². The number of aryl methyl sites for hydroxylation is 3. The average molecular weight is 786 g/mol. The van der Waals surface area contributed by atoms with Crippen LogP contribution >= 0.6 is 0 Å². The van der Waals surface area contributed by atoms with Gasteiger partial charge < -0.3 is 14.7 Å². The molecule has 1 unspecified atom stereocenters. The zero-order valence-electron chi connectivity index (χ0n) is 35.1. The number of allylic oxidation sites excluding steroid dienone is 5. The van der Waals surface area contributed by atoms with Crippen LogP contribution in [-0.2, 0) is 0 Å². The van der Waals surface area contributed by atoms with Gasteiger partial charge in [-0.15, -0.1) is 0 Å². The van der Waals surface area contributed by atoms with Gasteiger partial charge in [0.2, 0.25) is 6.71 Å². The lowest BCUT2D eigenvalue weighted by Gasteiger charge is -2.46. The van der Waals surface area contributed by atoms with E-state index in [0.29, 0.717) is 0 Å². The highest BCUT2D eigenvalue weighted by atomic mass is 15.2. The summed E-state index contributed by atoms with van der Waals surface area (Å²) in [6, 6.07) is 63.1. The van der Waals surface area contributed by atoms with Crippen molar-refractivity contribution in [2.45, 2.75) is 46.1 Å². The van der Waals surface area contributed by atoms with E-state index in [0.717, 1.165) is 19.3 Å². The maximum atomic E-state index is 2.63. The Hall–Kier alpha value is -7.04.